The number of carbonyl (C=O) groups is 1. The van der Waals surface area contributed by atoms with E-state index < -0.39 is 0 Å². The van der Waals surface area contributed by atoms with Crippen LogP contribution < -0.4 is 0 Å². The predicted octanol–water partition coefficient (Wildman–Crippen LogP) is 1.76. The first kappa shape index (κ1) is 11.5. The lowest BCUT2D eigenvalue weighted by Gasteiger charge is -2.32. The maximum Gasteiger partial charge on any atom is 0.249 e. The molecule has 1 aliphatic rings. The number of nitrogens with zero attached hydrogens (tertiary/aromatic N) is 2. The van der Waals surface area contributed by atoms with Gasteiger partial charge in [0.05, 0.1) is 12.6 Å². The van der Waals surface area contributed by atoms with E-state index in [9.17, 15) is 4.79 Å². The number of amides is 1. The second-order valence-corrected chi connectivity index (χ2v) is 4.67. The number of aromatic nitrogens is 1. The van der Waals surface area contributed by atoms with Crippen molar-refractivity contribution in [3.05, 3.63) is 28.5 Å². The minimum atomic E-state index is 0.0405. The first-order valence-corrected chi connectivity index (χ1v) is 5.95. The van der Waals surface area contributed by atoms with Crippen molar-refractivity contribution < 1.29 is 9.53 Å². The summed E-state index contributed by atoms with van der Waals surface area (Å²) in [6.45, 7) is 3.45. The summed E-state index contributed by atoms with van der Waals surface area (Å²) in [7, 11) is 0. The van der Waals surface area contributed by atoms with Crippen LogP contribution in [0.1, 0.15) is 18.5 Å². The molecular weight excluding hydrogens is 272 g/mol. The molecule has 0 aliphatic carbocycles. The molecule has 0 bridgehead atoms. The van der Waals surface area contributed by atoms with E-state index in [0.29, 0.717) is 13.2 Å². The lowest BCUT2D eigenvalue weighted by Crippen LogP contribution is -2.42. The minimum absolute atomic E-state index is 0.0405. The van der Waals surface area contributed by atoms with Crippen LogP contribution in [0.4, 0.5) is 0 Å². The number of hydrogen-bond acceptors (Lipinski definition) is 3. The maximum absolute atomic E-state index is 11.7. The van der Waals surface area contributed by atoms with Crippen molar-refractivity contribution in [3.63, 3.8) is 0 Å². The predicted molar refractivity (Wildman–Crippen MR) is 62.9 cm³/mol. The Labute approximate surface area is 103 Å². The summed E-state index contributed by atoms with van der Waals surface area (Å²) in [4.78, 5) is 17.6. The minimum Gasteiger partial charge on any atom is -0.370 e. The van der Waals surface area contributed by atoms with Gasteiger partial charge in [-0.3, -0.25) is 9.78 Å². The molecule has 0 saturated carbocycles. The van der Waals surface area contributed by atoms with Gasteiger partial charge in [-0.05, 0) is 34.5 Å². The zero-order valence-corrected chi connectivity index (χ0v) is 10.6. The summed E-state index contributed by atoms with van der Waals surface area (Å²) < 4.78 is 6.03. The number of hydrogen-bond donors (Lipinski definition) is 0. The molecule has 1 atom stereocenters. The Balaban J connectivity index is 2.17. The number of ether oxygens (including phenoxy) is 1. The fraction of sp³-hybridized carbons (Fsp3) is 0.455. The van der Waals surface area contributed by atoms with Crippen molar-refractivity contribution >= 4 is 21.8 Å². The quantitative estimate of drug-likeness (QED) is 0.831. The molecule has 0 N–H and O–H groups in total. The number of carbonyl (C=O) groups excluding carboxylic acids is 1. The molecule has 0 radical (unpaired) electrons. The molecule has 2 heterocycles. The van der Waals surface area contributed by atoms with Crippen LogP contribution in [0, 0.1) is 0 Å². The number of pyridine rings is 1. The summed E-state index contributed by atoms with van der Waals surface area (Å²) in [5.74, 6) is 0.0405. The van der Waals surface area contributed by atoms with Gasteiger partial charge in [-0.2, -0.15) is 0 Å². The van der Waals surface area contributed by atoms with Gasteiger partial charge in [0.2, 0.25) is 5.91 Å². The Kier molecular flexibility index (Phi) is 3.56. The molecule has 4 nitrogen and oxygen atoms in total. The molecule has 0 spiro atoms. The van der Waals surface area contributed by atoms with Crippen LogP contribution in [0.25, 0.3) is 0 Å². The molecule has 1 aromatic heterocycles. The highest BCUT2D eigenvalue weighted by Gasteiger charge is 2.24. The van der Waals surface area contributed by atoms with Crippen LogP contribution in [-0.4, -0.2) is 35.5 Å². The monoisotopic (exact) mass is 284 g/mol. The van der Waals surface area contributed by atoms with E-state index in [1.54, 1.807) is 12.4 Å². The van der Waals surface area contributed by atoms with Crippen LogP contribution in [0.2, 0.25) is 0 Å². The number of halogens is 1. The van der Waals surface area contributed by atoms with Gasteiger partial charge >= 0.3 is 0 Å². The normalized spacial score (nSPS) is 18.6. The van der Waals surface area contributed by atoms with E-state index >= 15 is 0 Å². The third-order valence-electron chi connectivity index (χ3n) is 2.70. The van der Waals surface area contributed by atoms with Gasteiger partial charge in [-0.25, -0.2) is 0 Å². The van der Waals surface area contributed by atoms with Gasteiger partial charge in [0.25, 0.3) is 0 Å². The summed E-state index contributed by atoms with van der Waals surface area (Å²) in [5.41, 5.74) is 1.03. The zero-order valence-electron chi connectivity index (χ0n) is 9.02. The second-order valence-electron chi connectivity index (χ2n) is 3.75. The Bertz CT molecular complexity index is 397. The van der Waals surface area contributed by atoms with Crippen molar-refractivity contribution in [2.24, 2.45) is 0 Å². The summed E-state index contributed by atoms with van der Waals surface area (Å²) in [6.07, 6.45) is 3.52. The molecule has 2 rings (SSSR count). The van der Waals surface area contributed by atoms with Crippen molar-refractivity contribution in [3.8, 4) is 0 Å². The molecule has 16 heavy (non-hydrogen) atoms. The zero-order chi connectivity index (χ0) is 11.5. The van der Waals surface area contributed by atoms with Gasteiger partial charge in [0.15, 0.2) is 0 Å². The van der Waals surface area contributed by atoms with Gasteiger partial charge < -0.3 is 9.64 Å². The molecule has 5 heteroatoms. The third-order valence-corrected chi connectivity index (χ3v) is 3.13. The Morgan fingerprint density at radius 2 is 2.38 bits per heavy atom. The number of rotatable bonds is 2. The molecule has 86 valence electrons. The lowest BCUT2D eigenvalue weighted by molar-refractivity contribution is -0.145. The standard InChI is InChI=1S/C11H13BrN2O2/c1-8(9-4-10(12)6-13-5-9)14-2-3-16-7-11(14)15/h4-6,8H,2-3,7H2,1H3. The third kappa shape index (κ3) is 2.41. The molecule has 1 aromatic rings. The summed E-state index contributed by atoms with van der Waals surface area (Å²) >= 11 is 3.38. The van der Waals surface area contributed by atoms with Crippen molar-refractivity contribution in [2.75, 3.05) is 19.8 Å². The van der Waals surface area contributed by atoms with Crippen molar-refractivity contribution in [1.82, 2.24) is 9.88 Å². The van der Waals surface area contributed by atoms with E-state index in [-0.39, 0.29) is 18.6 Å². The van der Waals surface area contributed by atoms with E-state index in [0.717, 1.165) is 10.0 Å². The Hall–Kier alpha value is -0.940. The molecule has 1 saturated heterocycles. The molecule has 1 fully saturated rings. The highest BCUT2D eigenvalue weighted by molar-refractivity contribution is 9.10. The average molecular weight is 285 g/mol. The average Bonchev–Trinajstić information content (AvgIpc) is 2.29. The molecule has 1 aliphatic heterocycles. The highest BCUT2D eigenvalue weighted by atomic mass is 79.9. The van der Waals surface area contributed by atoms with E-state index in [1.165, 1.54) is 0 Å². The largest absolute Gasteiger partial charge is 0.370 e. The molecule has 1 unspecified atom stereocenters. The number of morpholine rings is 1. The van der Waals surface area contributed by atoms with Crippen molar-refractivity contribution in [1.29, 1.82) is 0 Å². The van der Waals surface area contributed by atoms with Gasteiger partial charge in [0.1, 0.15) is 6.61 Å². The van der Waals surface area contributed by atoms with Gasteiger partial charge in [-0.1, -0.05) is 0 Å². The van der Waals surface area contributed by atoms with Gasteiger partial charge in [0, 0.05) is 23.4 Å². The van der Waals surface area contributed by atoms with Crippen molar-refractivity contribution in [2.45, 2.75) is 13.0 Å². The topological polar surface area (TPSA) is 42.4 Å². The SMILES string of the molecule is CC(c1cncc(Br)c1)N1CCOCC1=O. The molecular formula is C11H13BrN2O2. The van der Waals surface area contributed by atoms with Crippen LogP contribution >= 0.6 is 15.9 Å². The van der Waals surface area contributed by atoms with Gasteiger partial charge in [-0.15, -0.1) is 0 Å². The second kappa shape index (κ2) is 4.93. The fourth-order valence-electron chi connectivity index (χ4n) is 1.78. The first-order valence-electron chi connectivity index (χ1n) is 5.16. The highest BCUT2D eigenvalue weighted by Crippen LogP contribution is 2.23. The molecule has 0 aromatic carbocycles. The van der Waals surface area contributed by atoms with E-state index in [2.05, 4.69) is 20.9 Å². The van der Waals surface area contributed by atoms with E-state index in [1.807, 2.05) is 17.9 Å². The van der Waals surface area contributed by atoms with Crippen LogP contribution in [0.15, 0.2) is 22.9 Å². The van der Waals surface area contributed by atoms with Crippen LogP contribution in [0.3, 0.4) is 0 Å². The first-order chi connectivity index (χ1) is 7.68. The lowest BCUT2D eigenvalue weighted by atomic mass is 10.1. The van der Waals surface area contributed by atoms with Crippen LogP contribution in [-0.2, 0) is 9.53 Å². The summed E-state index contributed by atoms with van der Waals surface area (Å²) in [6, 6.07) is 2.03. The molecule has 1 amide bonds. The Morgan fingerprint density at radius 1 is 1.56 bits per heavy atom. The smallest absolute Gasteiger partial charge is 0.249 e. The van der Waals surface area contributed by atoms with E-state index in [4.69, 9.17) is 4.74 Å². The Morgan fingerprint density at radius 3 is 3.06 bits per heavy atom. The summed E-state index contributed by atoms with van der Waals surface area (Å²) in [5, 5.41) is 0. The maximum atomic E-state index is 11.7. The fourth-order valence-corrected chi connectivity index (χ4v) is 2.16. The van der Waals surface area contributed by atoms with Crippen LogP contribution in [0.5, 0.6) is 0 Å².